The number of rotatable bonds is 4. The monoisotopic (exact) mass is 456 g/mol. The molecule has 0 aliphatic heterocycles. The number of halogens is 2. The fourth-order valence-corrected chi connectivity index (χ4v) is 1.36. The molecule has 2 aromatic rings. The van der Waals surface area contributed by atoms with Crippen molar-refractivity contribution in [3.63, 3.8) is 0 Å². The molecular formula is C14H20Cl2N2O4Pd+2. The molecule has 0 saturated heterocycles. The number of pyridine rings is 2. The van der Waals surface area contributed by atoms with Crippen LogP contribution in [0.1, 0.15) is 13.8 Å². The Hall–Kier alpha value is -1.26. The van der Waals surface area contributed by atoms with Crippen LogP contribution in [0.2, 0.25) is 0 Å². The van der Waals surface area contributed by atoms with Crippen molar-refractivity contribution >= 4 is 19.1 Å². The van der Waals surface area contributed by atoms with Gasteiger partial charge in [0.1, 0.15) is 0 Å². The van der Waals surface area contributed by atoms with Gasteiger partial charge in [-0.1, -0.05) is 0 Å². The summed E-state index contributed by atoms with van der Waals surface area (Å²) in [5.41, 5.74) is 0. The first kappa shape index (κ1) is 21.7. The molecule has 0 bridgehead atoms. The van der Waals surface area contributed by atoms with E-state index in [1.807, 2.05) is 13.8 Å². The van der Waals surface area contributed by atoms with Gasteiger partial charge in [0.2, 0.25) is 12.4 Å². The standard InChI is InChI=1S/2C7H10NO2.2ClH.Pd/c2*1-2-10-7-5-3-4-6-8(7)9;;;/h2*3-6,9H,2H2,1H3;2*1H;/q2*+1;;;+2/p-2. The summed E-state index contributed by atoms with van der Waals surface area (Å²) in [7, 11) is 9.63. The number of aromatic nitrogens is 2. The summed E-state index contributed by atoms with van der Waals surface area (Å²) in [6, 6.07) is 10.5. The fraction of sp³-hybridized carbons (Fsp3) is 0.286. The Morgan fingerprint density at radius 3 is 1.48 bits per heavy atom. The molecule has 0 atom stereocenters. The van der Waals surface area contributed by atoms with E-state index in [1.165, 1.54) is 12.4 Å². The van der Waals surface area contributed by atoms with Gasteiger partial charge in [0.15, 0.2) is 0 Å². The SMILES string of the molecule is CCOc1cccc[n+]1O.CCOc1cccc[n+]1O.[Cl][Pd][Cl]. The van der Waals surface area contributed by atoms with Crippen LogP contribution in [0, 0.1) is 0 Å². The number of hydrogen-bond donors (Lipinski definition) is 2. The summed E-state index contributed by atoms with van der Waals surface area (Å²) >= 11 is -0.106. The molecule has 0 saturated carbocycles. The van der Waals surface area contributed by atoms with E-state index in [4.69, 9.17) is 38.9 Å². The summed E-state index contributed by atoms with van der Waals surface area (Å²) in [5, 5.41) is 18.1. The van der Waals surface area contributed by atoms with Crippen molar-refractivity contribution in [2.45, 2.75) is 13.8 Å². The van der Waals surface area contributed by atoms with Gasteiger partial charge in [0.05, 0.1) is 25.3 Å². The molecule has 2 heterocycles. The molecule has 0 aliphatic rings. The van der Waals surface area contributed by atoms with Crippen LogP contribution in [-0.2, 0) is 15.9 Å². The molecule has 0 amide bonds. The maximum atomic E-state index is 9.03. The van der Waals surface area contributed by atoms with Crippen molar-refractivity contribution in [2.75, 3.05) is 13.2 Å². The molecule has 0 radical (unpaired) electrons. The Kier molecular flexibility index (Phi) is 13.6. The van der Waals surface area contributed by atoms with E-state index in [-0.39, 0.29) is 15.9 Å². The zero-order chi connectivity index (χ0) is 17.5. The van der Waals surface area contributed by atoms with Crippen molar-refractivity contribution in [2.24, 2.45) is 0 Å². The van der Waals surface area contributed by atoms with Crippen molar-refractivity contribution in [1.82, 2.24) is 0 Å². The molecule has 0 aliphatic carbocycles. The van der Waals surface area contributed by atoms with E-state index in [0.717, 1.165) is 9.46 Å². The van der Waals surface area contributed by atoms with E-state index >= 15 is 0 Å². The zero-order valence-electron chi connectivity index (χ0n) is 12.7. The average Bonchev–Trinajstić information content (AvgIpc) is 2.54. The summed E-state index contributed by atoms with van der Waals surface area (Å²) in [4.78, 5) is 0. The van der Waals surface area contributed by atoms with Gasteiger partial charge in [0, 0.05) is 21.6 Å². The Labute approximate surface area is 151 Å². The first-order chi connectivity index (χ1) is 11.1. The molecule has 0 unspecified atom stereocenters. The van der Waals surface area contributed by atoms with Crippen LogP contribution in [0.15, 0.2) is 48.8 Å². The van der Waals surface area contributed by atoms with E-state index in [0.29, 0.717) is 25.0 Å². The molecule has 2 rings (SSSR count). The quantitative estimate of drug-likeness (QED) is 0.421. The normalized spacial score (nSPS) is 9.04. The Morgan fingerprint density at radius 2 is 1.22 bits per heavy atom. The molecule has 2 aromatic heterocycles. The summed E-state index contributed by atoms with van der Waals surface area (Å²) in [6.45, 7) is 4.86. The van der Waals surface area contributed by atoms with Crippen LogP contribution in [0.5, 0.6) is 11.8 Å². The van der Waals surface area contributed by atoms with Crippen LogP contribution in [0.25, 0.3) is 0 Å². The van der Waals surface area contributed by atoms with E-state index in [2.05, 4.69) is 0 Å². The Balaban J connectivity index is 0.000000360. The second kappa shape index (κ2) is 14.3. The molecule has 0 spiro atoms. The molecular weight excluding hydrogens is 437 g/mol. The van der Waals surface area contributed by atoms with Crippen LogP contribution in [-0.4, -0.2) is 23.6 Å². The van der Waals surface area contributed by atoms with Crippen LogP contribution < -0.4 is 18.9 Å². The van der Waals surface area contributed by atoms with Gasteiger partial charge in [-0.3, -0.25) is 10.4 Å². The predicted molar refractivity (Wildman–Crippen MR) is 81.7 cm³/mol. The number of ether oxygens (including phenoxy) is 2. The van der Waals surface area contributed by atoms with Gasteiger partial charge in [0.25, 0.3) is 0 Å². The van der Waals surface area contributed by atoms with E-state index < -0.39 is 0 Å². The second-order valence-corrected chi connectivity index (χ2v) is 6.04. The van der Waals surface area contributed by atoms with Gasteiger partial charge >= 0.3 is 46.8 Å². The number of nitrogens with zero attached hydrogens (tertiary/aromatic N) is 2. The van der Waals surface area contributed by atoms with Crippen molar-refractivity contribution in [3.8, 4) is 11.8 Å². The van der Waals surface area contributed by atoms with Gasteiger partial charge in [-0.2, -0.15) is 0 Å². The minimum absolute atomic E-state index is 0.106. The topological polar surface area (TPSA) is 66.7 Å². The van der Waals surface area contributed by atoms with Gasteiger partial charge in [-0.15, -0.1) is 0 Å². The first-order valence-corrected chi connectivity index (χ1v) is 10.6. The first-order valence-electron chi connectivity index (χ1n) is 6.58. The summed E-state index contributed by atoms with van der Waals surface area (Å²) in [6.07, 6.45) is 3.04. The van der Waals surface area contributed by atoms with E-state index in [9.17, 15) is 0 Å². The predicted octanol–water partition coefficient (Wildman–Crippen LogP) is 2.60. The Morgan fingerprint density at radius 1 is 0.870 bits per heavy atom. The second-order valence-electron chi connectivity index (χ2n) is 3.68. The van der Waals surface area contributed by atoms with Crippen molar-refractivity contribution in [1.29, 1.82) is 0 Å². The number of hydrogen-bond acceptors (Lipinski definition) is 4. The molecule has 2 N–H and O–H groups in total. The van der Waals surface area contributed by atoms with Crippen LogP contribution in [0.4, 0.5) is 0 Å². The minimum atomic E-state index is -0.106. The van der Waals surface area contributed by atoms with Crippen molar-refractivity contribution in [3.05, 3.63) is 48.8 Å². The fourth-order valence-electron chi connectivity index (χ4n) is 1.36. The van der Waals surface area contributed by atoms with Crippen molar-refractivity contribution < 1.29 is 45.3 Å². The molecule has 132 valence electrons. The average molecular weight is 458 g/mol. The third kappa shape index (κ3) is 10.2. The van der Waals surface area contributed by atoms with E-state index in [1.54, 1.807) is 36.4 Å². The zero-order valence-corrected chi connectivity index (χ0v) is 15.8. The summed E-state index contributed by atoms with van der Waals surface area (Å²) in [5.74, 6) is 0.926. The van der Waals surface area contributed by atoms with Gasteiger partial charge < -0.3 is 9.47 Å². The molecule has 9 heteroatoms. The third-order valence-electron chi connectivity index (χ3n) is 2.19. The summed E-state index contributed by atoms with van der Waals surface area (Å²) < 4.78 is 12.0. The molecule has 0 aromatic carbocycles. The van der Waals surface area contributed by atoms with Crippen LogP contribution >= 0.6 is 19.1 Å². The molecule has 0 fully saturated rings. The third-order valence-corrected chi connectivity index (χ3v) is 2.19. The van der Waals surface area contributed by atoms with Gasteiger partial charge in [-0.25, -0.2) is 0 Å². The molecule has 6 nitrogen and oxygen atoms in total. The molecule has 23 heavy (non-hydrogen) atoms. The van der Waals surface area contributed by atoms with Crippen LogP contribution in [0.3, 0.4) is 0 Å². The maximum absolute atomic E-state index is 9.03. The Bertz CT molecular complexity index is 502. The van der Waals surface area contributed by atoms with Gasteiger partial charge in [-0.05, 0) is 26.0 Å².